The second-order valence-corrected chi connectivity index (χ2v) is 4.20. The minimum Gasteiger partial charge on any atom is -0.300 e. The highest BCUT2D eigenvalue weighted by atomic mass is 16.1. The third-order valence-electron chi connectivity index (χ3n) is 3.02. The van der Waals surface area contributed by atoms with Crippen LogP contribution in [0.1, 0.15) is 72.1 Å². The van der Waals surface area contributed by atoms with E-state index in [0.29, 0.717) is 12.2 Å². The summed E-state index contributed by atoms with van der Waals surface area (Å²) in [5, 5.41) is 0. The number of Topliss-reactive ketones (excluding diaryl/α,β-unsaturated/α-hetero) is 1. The molecule has 0 aliphatic carbocycles. The van der Waals surface area contributed by atoms with Crippen LogP contribution >= 0.6 is 0 Å². The Morgan fingerprint density at radius 1 is 1.07 bits per heavy atom. The fourth-order valence-corrected chi connectivity index (χ4v) is 1.78. The molecule has 1 atom stereocenters. The molecule has 84 valence electrons. The van der Waals surface area contributed by atoms with E-state index in [1.165, 1.54) is 32.1 Å². The molecular weight excluding hydrogens is 172 g/mol. The Hall–Kier alpha value is -0.330. The first-order valence-corrected chi connectivity index (χ1v) is 6.26. The normalized spacial score (nSPS) is 12.8. The van der Waals surface area contributed by atoms with Crippen LogP contribution in [0, 0.1) is 5.92 Å². The van der Waals surface area contributed by atoms with Crippen molar-refractivity contribution in [2.45, 2.75) is 72.1 Å². The van der Waals surface area contributed by atoms with Gasteiger partial charge >= 0.3 is 0 Å². The fourth-order valence-electron chi connectivity index (χ4n) is 1.78. The first-order chi connectivity index (χ1) is 6.74. The van der Waals surface area contributed by atoms with Gasteiger partial charge in [-0.2, -0.15) is 0 Å². The minimum atomic E-state index is 0.430. The second kappa shape index (κ2) is 9.23. The molecule has 0 radical (unpaired) electrons. The summed E-state index contributed by atoms with van der Waals surface area (Å²) >= 11 is 0. The van der Waals surface area contributed by atoms with Gasteiger partial charge in [-0.05, 0) is 12.3 Å². The molecule has 0 spiro atoms. The molecule has 0 aromatic rings. The summed E-state index contributed by atoms with van der Waals surface area (Å²) in [7, 11) is 0. The van der Waals surface area contributed by atoms with Crippen molar-refractivity contribution in [1.29, 1.82) is 0 Å². The zero-order valence-corrected chi connectivity index (χ0v) is 10.1. The van der Waals surface area contributed by atoms with Crippen molar-refractivity contribution in [3.05, 3.63) is 0 Å². The van der Waals surface area contributed by atoms with Gasteiger partial charge < -0.3 is 0 Å². The summed E-state index contributed by atoms with van der Waals surface area (Å²) in [5.41, 5.74) is 0. The summed E-state index contributed by atoms with van der Waals surface area (Å²) in [6.07, 6.45) is 9.18. The monoisotopic (exact) mass is 198 g/mol. The van der Waals surface area contributed by atoms with Gasteiger partial charge in [0.05, 0.1) is 0 Å². The lowest BCUT2D eigenvalue weighted by Gasteiger charge is -2.13. The van der Waals surface area contributed by atoms with E-state index in [4.69, 9.17) is 0 Å². The third-order valence-corrected chi connectivity index (χ3v) is 3.02. The lowest BCUT2D eigenvalue weighted by molar-refractivity contribution is -0.119. The molecule has 0 aliphatic heterocycles. The minimum absolute atomic E-state index is 0.430. The maximum atomic E-state index is 11.2. The van der Waals surface area contributed by atoms with Crippen molar-refractivity contribution in [2.24, 2.45) is 5.92 Å². The standard InChI is InChI=1S/C13H26O/c1-4-7-8-9-12(5-2)10-11-13(14)6-3/h12H,4-11H2,1-3H3. The Balaban J connectivity index is 3.52. The summed E-state index contributed by atoms with van der Waals surface area (Å²) in [5.74, 6) is 1.22. The van der Waals surface area contributed by atoms with Crippen molar-refractivity contribution in [2.75, 3.05) is 0 Å². The number of carbonyl (C=O) groups excluding carboxylic acids is 1. The summed E-state index contributed by atoms with van der Waals surface area (Å²) in [4.78, 5) is 11.2. The van der Waals surface area contributed by atoms with Gasteiger partial charge in [0.1, 0.15) is 5.78 Å². The number of hydrogen-bond acceptors (Lipinski definition) is 1. The Kier molecular flexibility index (Phi) is 9.02. The van der Waals surface area contributed by atoms with Gasteiger partial charge in [0.25, 0.3) is 0 Å². The lowest BCUT2D eigenvalue weighted by atomic mass is 9.92. The molecule has 0 aromatic heterocycles. The van der Waals surface area contributed by atoms with Crippen LogP contribution in [0.25, 0.3) is 0 Å². The largest absolute Gasteiger partial charge is 0.300 e. The molecule has 0 aliphatic rings. The average molecular weight is 198 g/mol. The SMILES string of the molecule is CCCCCC(CC)CCC(=O)CC. The molecule has 0 rings (SSSR count). The maximum absolute atomic E-state index is 11.2. The number of ketones is 1. The topological polar surface area (TPSA) is 17.1 Å². The van der Waals surface area contributed by atoms with Crippen molar-refractivity contribution < 1.29 is 4.79 Å². The molecule has 0 aromatic carbocycles. The van der Waals surface area contributed by atoms with Crippen LogP contribution < -0.4 is 0 Å². The number of unbranched alkanes of at least 4 members (excludes halogenated alkanes) is 2. The van der Waals surface area contributed by atoms with Gasteiger partial charge in [-0.25, -0.2) is 0 Å². The second-order valence-electron chi connectivity index (χ2n) is 4.20. The predicted octanol–water partition coefficient (Wildman–Crippen LogP) is 4.35. The zero-order valence-electron chi connectivity index (χ0n) is 10.1. The number of rotatable bonds is 9. The van der Waals surface area contributed by atoms with Gasteiger partial charge in [-0.1, -0.05) is 52.9 Å². The van der Waals surface area contributed by atoms with E-state index in [0.717, 1.165) is 18.8 Å². The number of carbonyl (C=O) groups is 1. The molecule has 0 amide bonds. The average Bonchev–Trinajstić information content (AvgIpc) is 2.22. The Labute approximate surface area is 89.3 Å². The van der Waals surface area contributed by atoms with Crippen LogP contribution in [0.5, 0.6) is 0 Å². The number of hydrogen-bond donors (Lipinski definition) is 0. The smallest absolute Gasteiger partial charge is 0.132 e. The summed E-state index contributed by atoms with van der Waals surface area (Å²) < 4.78 is 0. The highest BCUT2D eigenvalue weighted by Crippen LogP contribution is 2.19. The van der Waals surface area contributed by atoms with Crippen molar-refractivity contribution in [3.63, 3.8) is 0 Å². The van der Waals surface area contributed by atoms with Crippen molar-refractivity contribution in [1.82, 2.24) is 0 Å². The maximum Gasteiger partial charge on any atom is 0.132 e. The highest BCUT2D eigenvalue weighted by molar-refractivity contribution is 5.77. The van der Waals surface area contributed by atoms with Crippen LogP contribution in [0.2, 0.25) is 0 Å². The molecule has 0 saturated heterocycles. The molecule has 1 nitrogen and oxygen atoms in total. The van der Waals surface area contributed by atoms with Gasteiger partial charge in [-0.15, -0.1) is 0 Å². The van der Waals surface area contributed by atoms with Gasteiger partial charge in [-0.3, -0.25) is 4.79 Å². The molecule has 1 unspecified atom stereocenters. The van der Waals surface area contributed by atoms with Crippen LogP contribution in [0.3, 0.4) is 0 Å². The van der Waals surface area contributed by atoms with Gasteiger partial charge in [0.15, 0.2) is 0 Å². The molecule has 0 bridgehead atoms. The summed E-state index contributed by atoms with van der Waals surface area (Å²) in [6.45, 7) is 6.44. The van der Waals surface area contributed by atoms with Crippen LogP contribution in [0.15, 0.2) is 0 Å². The third kappa shape index (κ3) is 7.11. The van der Waals surface area contributed by atoms with E-state index in [1.807, 2.05) is 6.92 Å². The van der Waals surface area contributed by atoms with Gasteiger partial charge in [0, 0.05) is 12.8 Å². The molecule has 0 saturated carbocycles. The summed E-state index contributed by atoms with van der Waals surface area (Å²) in [6, 6.07) is 0. The van der Waals surface area contributed by atoms with Crippen LogP contribution in [-0.4, -0.2) is 5.78 Å². The Bertz CT molecular complexity index is 140. The van der Waals surface area contributed by atoms with Gasteiger partial charge in [0.2, 0.25) is 0 Å². The molecule has 1 heteroatoms. The molecule has 0 heterocycles. The molecule has 0 fully saturated rings. The lowest BCUT2D eigenvalue weighted by Crippen LogP contribution is -2.03. The quantitative estimate of drug-likeness (QED) is 0.503. The molecule has 14 heavy (non-hydrogen) atoms. The van der Waals surface area contributed by atoms with E-state index >= 15 is 0 Å². The zero-order chi connectivity index (χ0) is 10.8. The Morgan fingerprint density at radius 3 is 2.29 bits per heavy atom. The predicted molar refractivity (Wildman–Crippen MR) is 62.5 cm³/mol. The van der Waals surface area contributed by atoms with Crippen molar-refractivity contribution >= 4 is 5.78 Å². The van der Waals surface area contributed by atoms with E-state index in [1.54, 1.807) is 0 Å². The first kappa shape index (κ1) is 13.7. The van der Waals surface area contributed by atoms with Crippen LogP contribution in [-0.2, 0) is 4.79 Å². The highest BCUT2D eigenvalue weighted by Gasteiger charge is 2.08. The molecular formula is C13H26O. The van der Waals surface area contributed by atoms with Crippen molar-refractivity contribution in [3.8, 4) is 0 Å². The molecule has 0 N–H and O–H groups in total. The fraction of sp³-hybridized carbons (Fsp3) is 0.923. The van der Waals surface area contributed by atoms with E-state index in [-0.39, 0.29) is 0 Å². The van der Waals surface area contributed by atoms with E-state index < -0.39 is 0 Å². The van der Waals surface area contributed by atoms with Crippen LogP contribution in [0.4, 0.5) is 0 Å². The Morgan fingerprint density at radius 2 is 1.79 bits per heavy atom. The van der Waals surface area contributed by atoms with E-state index in [2.05, 4.69) is 13.8 Å². The first-order valence-electron chi connectivity index (χ1n) is 6.26. The van der Waals surface area contributed by atoms with E-state index in [9.17, 15) is 4.79 Å².